The molecule has 2 aliphatic heterocycles. The molecule has 4 fully saturated rings. The van der Waals surface area contributed by atoms with Gasteiger partial charge in [-0.2, -0.15) is 0 Å². The fraction of sp³-hybridized carbons (Fsp3) is 0.900. The van der Waals surface area contributed by atoms with Gasteiger partial charge in [-0.1, -0.05) is 13.8 Å². The molecular weight excluding hydrogens is 316 g/mol. The van der Waals surface area contributed by atoms with Crippen molar-refractivity contribution in [3.8, 4) is 0 Å². The van der Waals surface area contributed by atoms with E-state index in [0.717, 1.165) is 31.2 Å². The number of carbonyl (C=O) groups is 2. The first-order valence-corrected chi connectivity index (χ1v) is 9.92. The van der Waals surface area contributed by atoms with Crippen LogP contribution in [0.1, 0.15) is 66.7 Å². The van der Waals surface area contributed by atoms with Gasteiger partial charge in [0.05, 0.1) is 0 Å². The molecule has 2 saturated carbocycles. The van der Waals surface area contributed by atoms with E-state index in [1.807, 2.05) is 34.6 Å². The highest BCUT2D eigenvalue weighted by atomic mass is 16.6. The number of rotatable bonds is 3. The fourth-order valence-corrected chi connectivity index (χ4v) is 5.18. The van der Waals surface area contributed by atoms with Gasteiger partial charge in [-0.05, 0) is 76.5 Å². The molecule has 0 aromatic heterocycles. The van der Waals surface area contributed by atoms with Crippen molar-refractivity contribution in [3.63, 3.8) is 0 Å². The molecule has 2 heterocycles. The molecule has 1 N–H and O–H groups in total. The number of ether oxygens (including phenoxy) is 1. The lowest BCUT2D eigenvalue weighted by Crippen LogP contribution is -2.55. The molecule has 2 aliphatic carbocycles. The van der Waals surface area contributed by atoms with Crippen LogP contribution in [0, 0.1) is 23.7 Å². The van der Waals surface area contributed by atoms with E-state index in [2.05, 4.69) is 10.2 Å². The first-order chi connectivity index (χ1) is 11.6. The minimum Gasteiger partial charge on any atom is -0.444 e. The van der Waals surface area contributed by atoms with Gasteiger partial charge in [-0.3, -0.25) is 4.79 Å². The average Bonchev–Trinajstić information content (AvgIpc) is 2.65. The van der Waals surface area contributed by atoms with Crippen molar-refractivity contribution in [2.75, 3.05) is 6.54 Å². The van der Waals surface area contributed by atoms with Crippen molar-refractivity contribution >= 4 is 12.0 Å². The Morgan fingerprint density at radius 3 is 2.08 bits per heavy atom. The maximum absolute atomic E-state index is 13.3. The Morgan fingerprint density at radius 2 is 1.56 bits per heavy atom. The predicted molar refractivity (Wildman–Crippen MR) is 97.1 cm³/mol. The highest BCUT2D eigenvalue weighted by Gasteiger charge is 2.45. The van der Waals surface area contributed by atoms with Gasteiger partial charge in [0.2, 0.25) is 5.91 Å². The highest BCUT2D eigenvalue weighted by molar-refractivity contribution is 5.86. The lowest BCUT2D eigenvalue weighted by Gasteiger charge is -2.40. The van der Waals surface area contributed by atoms with Gasteiger partial charge in [0, 0.05) is 12.6 Å². The zero-order valence-electron chi connectivity index (χ0n) is 16.4. The maximum Gasteiger partial charge on any atom is 0.408 e. The van der Waals surface area contributed by atoms with Crippen LogP contribution in [-0.2, 0) is 9.53 Å². The molecule has 0 radical (unpaired) electrons. The molecule has 4 bridgehead atoms. The Kier molecular flexibility index (Phi) is 5.04. The molecule has 0 aromatic carbocycles. The summed E-state index contributed by atoms with van der Waals surface area (Å²) in [5.41, 5.74) is -0.560. The van der Waals surface area contributed by atoms with Crippen LogP contribution in [0.2, 0.25) is 0 Å². The normalized spacial score (nSPS) is 32.5. The number of nitrogens with zero attached hydrogens (tertiary/aromatic N) is 1. The minimum atomic E-state index is -0.560. The Morgan fingerprint density at radius 1 is 1.00 bits per heavy atom. The molecule has 142 valence electrons. The molecule has 4 aliphatic rings. The summed E-state index contributed by atoms with van der Waals surface area (Å²) in [6.45, 7) is 10.4. The van der Waals surface area contributed by atoms with Crippen LogP contribution in [0.15, 0.2) is 0 Å². The number of carbonyl (C=O) groups excluding carboxylic acids is 2. The monoisotopic (exact) mass is 350 g/mol. The molecule has 4 rings (SSSR count). The van der Waals surface area contributed by atoms with Gasteiger partial charge in [-0.15, -0.1) is 0 Å². The van der Waals surface area contributed by atoms with E-state index in [-0.39, 0.29) is 11.8 Å². The third-order valence-corrected chi connectivity index (χ3v) is 5.99. The molecule has 0 spiro atoms. The van der Waals surface area contributed by atoms with E-state index in [1.165, 1.54) is 19.3 Å². The van der Waals surface area contributed by atoms with Crippen molar-refractivity contribution in [3.05, 3.63) is 0 Å². The standard InChI is InChI=1S/C20H34N2O3/c1-12(2)17(21-19(24)25-20(3,4)5)18(23)22-11-15-7-13-6-14(8-15)10-16(22)9-13/h12-17H,6-11H2,1-5H3,(H,21,24). The van der Waals surface area contributed by atoms with Gasteiger partial charge in [0.25, 0.3) is 0 Å². The molecule has 3 unspecified atom stereocenters. The van der Waals surface area contributed by atoms with Crippen LogP contribution in [0.5, 0.6) is 0 Å². The summed E-state index contributed by atoms with van der Waals surface area (Å²) in [5.74, 6) is 2.37. The molecule has 2 saturated heterocycles. The third kappa shape index (κ3) is 4.29. The molecular formula is C20H34N2O3. The van der Waals surface area contributed by atoms with Gasteiger partial charge < -0.3 is 15.0 Å². The summed E-state index contributed by atoms with van der Waals surface area (Å²) in [5, 5.41) is 2.84. The highest BCUT2D eigenvalue weighted by Crippen LogP contribution is 2.47. The molecule has 5 nitrogen and oxygen atoms in total. The van der Waals surface area contributed by atoms with Crippen molar-refractivity contribution in [2.24, 2.45) is 23.7 Å². The number of fused-ring (bicyclic) bond motifs is 1. The first kappa shape index (κ1) is 18.5. The van der Waals surface area contributed by atoms with Gasteiger partial charge in [0.1, 0.15) is 11.6 Å². The van der Waals surface area contributed by atoms with Crippen LogP contribution in [0.3, 0.4) is 0 Å². The van der Waals surface area contributed by atoms with Crippen molar-refractivity contribution < 1.29 is 14.3 Å². The average molecular weight is 351 g/mol. The van der Waals surface area contributed by atoms with Crippen LogP contribution < -0.4 is 5.32 Å². The van der Waals surface area contributed by atoms with E-state index in [0.29, 0.717) is 12.0 Å². The SMILES string of the molecule is CC(C)C(NC(=O)OC(C)(C)C)C(=O)N1CC2CC3CC(C2)CC1C3. The summed E-state index contributed by atoms with van der Waals surface area (Å²) >= 11 is 0. The molecule has 2 amide bonds. The Balaban J connectivity index is 1.71. The number of hydrogen-bond acceptors (Lipinski definition) is 3. The number of hydrogen-bond donors (Lipinski definition) is 1. The number of alkyl carbamates (subject to hydrolysis) is 1. The predicted octanol–water partition coefficient (Wildman–Crippen LogP) is 3.57. The Labute approximate surface area is 151 Å². The first-order valence-electron chi connectivity index (χ1n) is 9.92. The summed E-state index contributed by atoms with van der Waals surface area (Å²) in [6.07, 6.45) is 5.72. The van der Waals surface area contributed by atoms with E-state index in [1.54, 1.807) is 0 Å². The van der Waals surface area contributed by atoms with E-state index >= 15 is 0 Å². The lowest BCUT2D eigenvalue weighted by molar-refractivity contribution is -0.137. The zero-order chi connectivity index (χ0) is 18.4. The number of amides is 2. The smallest absolute Gasteiger partial charge is 0.408 e. The van der Waals surface area contributed by atoms with E-state index in [4.69, 9.17) is 4.74 Å². The van der Waals surface area contributed by atoms with Gasteiger partial charge >= 0.3 is 6.09 Å². The Bertz CT molecular complexity index is 512. The second kappa shape index (κ2) is 6.81. The van der Waals surface area contributed by atoms with Crippen molar-refractivity contribution in [2.45, 2.75) is 84.4 Å². The Hall–Kier alpha value is -1.26. The second-order valence-corrected chi connectivity index (χ2v) is 9.79. The van der Waals surface area contributed by atoms with Gasteiger partial charge in [-0.25, -0.2) is 4.79 Å². The summed E-state index contributed by atoms with van der Waals surface area (Å²) in [4.78, 5) is 27.6. The van der Waals surface area contributed by atoms with Crippen molar-refractivity contribution in [1.82, 2.24) is 10.2 Å². The van der Waals surface area contributed by atoms with E-state index < -0.39 is 17.7 Å². The molecule has 5 heteroatoms. The van der Waals surface area contributed by atoms with E-state index in [9.17, 15) is 9.59 Å². The minimum absolute atomic E-state index is 0.0395. The largest absolute Gasteiger partial charge is 0.444 e. The third-order valence-electron chi connectivity index (χ3n) is 5.99. The van der Waals surface area contributed by atoms with Gasteiger partial charge in [0.15, 0.2) is 0 Å². The summed E-state index contributed by atoms with van der Waals surface area (Å²) < 4.78 is 5.37. The van der Waals surface area contributed by atoms with Crippen LogP contribution in [-0.4, -0.2) is 41.1 Å². The topological polar surface area (TPSA) is 58.6 Å². The maximum atomic E-state index is 13.3. The second-order valence-electron chi connectivity index (χ2n) is 9.79. The fourth-order valence-electron chi connectivity index (χ4n) is 5.18. The number of nitrogens with one attached hydrogen (secondary N) is 1. The van der Waals surface area contributed by atoms with Crippen LogP contribution in [0.4, 0.5) is 4.79 Å². The molecule has 3 atom stereocenters. The summed E-state index contributed by atoms with van der Waals surface area (Å²) in [6, 6.07) is -0.143. The lowest BCUT2D eigenvalue weighted by atomic mass is 9.68. The van der Waals surface area contributed by atoms with Crippen LogP contribution >= 0.6 is 0 Å². The van der Waals surface area contributed by atoms with Crippen LogP contribution in [0.25, 0.3) is 0 Å². The quantitative estimate of drug-likeness (QED) is 0.846. The zero-order valence-corrected chi connectivity index (χ0v) is 16.4. The summed E-state index contributed by atoms with van der Waals surface area (Å²) in [7, 11) is 0. The van der Waals surface area contributed by atoms with Crippen molar-refractivity contribution in [1.29, 1.82) is 0 Å². The molecule has 0 aromatic rings. The molecule has 25 heavy (non-hydrogen) atoms.